The van der Waals surface area contributed by atoms with Crippen LogP contribution in [0.2, 0.25) is 0 Å². The summed E-state index contributed by atoms with van der Waals surface area (Å²) in [7, 11) is 0. The van der Waals surface area contributed by atoms with Crippen molar-refractivity contribution in [3.63, 3.8) is 0 Å². The number of hydrogen-bond acceptors (Lipinski definition) is 3. The van der Waals surface area contributed by atoms with Crippen molar-refractivity contribution < 1.29 is 4.39 Å². The van der Waals surface area contributed by atoms with Gasteiger partial charge in [0.2, 0.25) is 0 Å². The summed E-state index contributed by atoms with van der Waals surface area (Å²) >= 11 is 6.38. The van der Waals surface area contributed by atoms with E-state index in [1.165, 1.54) is 6.07 Å². The normalized spacial score (nSPS) is 10.4. The maximum absolute atomic E-state index is 13.3. The molecular weight excluding hydrogens is 353 g/mol. The van der Waals surface area contributed by atoms with Crippen LogP contribution in [0.5, 0.6) is 0 Å². The van der Waals surface area contributed by atoms with Crippen molar-refractivity contribution in [2.75, 3.05) is 5.32 Å². The van der Waals surface area contributed by atoms with Gasteiger partial charge in [-0.25, -0.2) is 14.4 Å². The monoisotopic (exact) mass is 359 g/mol. The second-order valence-corrected chi connectivity index (χ2v) is 5.04. The van der Waals surface area contributed by atoms with E-state index in [0.29, 0.717) is 26.4 Å². The summed E-state index contributed by atoms with van der Waals surface area (Å²) < 4.78 is 14.4. The molecule has 0 atom stereocenters. The number of halogens is 3. The minimum absolute atomic E-state index is 0.320. The van der Waals surface area contributed by atoms with E-state index in [1.807, 2.05) is 0 Å². The molecule has 0 saturated heterocycles. The summed E-state index contributed by atoms with van der Waals surface area (Å²) in [5.41, 5.74) is 0.635. The first kappa shape index (κ1) is 12.4. The fourth-order valence-corrected chi connectivity index (χ4v) is 2.04. The van der Waals surface area contributed by atoms with Crippen LogP contribution < -0.4 is 5.32 Å². The summed E-state index contributed by atoms with van der Waals surface area (Å²) in [6.07, 6.45) is 0. The third-order valence-electron chi connectivity index (χ3n) is 2.00. The van der Waals surface area contributed by atoms with Gasteiger partial charge in [0.05, 0.1) is 4.47 Å². The van der Waals surface area contributed by atoms with Crippen LogP contribution in [0.15, 0.2) is 33.3 Å². The molecule has 17 heavy (non-hydrogen) atoms. The van der Waals surface area contributed by atoms with E-state index in [0.717, 1.165) is 0 Å². The second kappa shape index (κ2) is 5.10. The lowest BCUT2D eigenvalue weighted by molar-refractivity contribution is 0.622. The number of hydrogen-bond donors (Lipinski definition) is 1. The number of nitrogens with one attached hydrogen (secondary N) is 1. The van der Waals surface area contributed by atoms with E-state index in [1.54, 1.807) is 25.1 Å². The van der Waals surface area contributed by atoms with Gasteiger partial charge in [-0.2, -0.15) is 0 Å². The molecule has 3 nitrogen and oxygen atoms in total. The molecule has 0 bridgehead atoms. The van der Waals surface area contributed by atoms with Gasteiger partial charge in [0.15, 0.2) is 0 Å². The fourth-order valence-electron chi connectivity index (χ4n) is 1.32. The van der Waals surface area contributed by atoms with Crippen molar-refractivity contribution in [3.05, 3.63) is 45.0 Å². The molecule has 0 aliphatic heterocycles. The Balaban J connectivity index is 2.28. The minimum Gasteiger partial charge on any atom is -0.340 e. The number of anilines is 2. The highest BCUT2D eigenvalue weighted by Crippen LogP contribution is 2.22. The predicted octanol–water partition coefficient (Wildman–Crippen LogP) is 4.19. The topological polar surface area (TPSA) is 37.8 Å². The van der Waals surface area contributed by atoms with Crippen LogP contribution in [0.3, 0.4) is 0 Å². The van der Waals surface area contributed by atoms with Crippen LogP contribution in [-0.2, 0) is 0 Å². The Hall–Kier alpha value is -1.01. The van der Waals surface area contributed by atoms with E-state index in [2.05, 4.69) is 47.1 Å². The average molecular weight is 361 g/mol. The summed E-state index contributed by atoms with van der Waals surface area (Å²) in [4.78, 5) is 8.29. The first-order chi connectivity index (χ1) is 8.04. The van der Waals surface area contributed by atoms with Crippen molar-refractivity contribution in [2.45, 2.75) is 6.92 Å². The Kier molecular flexibility index (Phi) is 3.73. The highest BCUT2D eigenvalue weighted by Gasteiger charge is 2.03. The quantitative estimate of drug-likeness (QED) is 0.816. The largest absolute Gasteiger partial charge is 0.340 e. The van der Waals surface area contributed by atoms with Gasteiger partial charge in [-0.05, 0) is 57.0 Å². The van der Waals surface area contributed by atoms with E-state index in [-0.39, 0.29) is 5.82 Å². The zero-order chi connectivity index (χ0) is 12.4. The Morgan fingerprint density at radius 2 is 1.94 bits per heavy atom. The van der Waals surface area contributed by atoms with Gasteiger partial charge in [-0.3, -0.25) is 0 Å². The van der Waals surface area contributed by atoms with Gasteiger partial charge < -0.3 is 5.32 Å². The van der Waals surface area contributed by atoms with Crippen LogP contribution in [0.25, 0.3) is 0 Å². The van der Waals surface area contributed by atoms with Crippen molar-refractivity contribution in [1.82, 2.24) is 9.97 Å². The van der Waals surface area contributed by atoms with E-state index < -0.39 is 0 Å². The van der Waals surface area contributed by atoms with Crippen molar-refractivity contribution in [2.24, 2.45) is 0 Å². The molecule has 0 amide bonds. The molecule has 0 radical (unpaired) electrons. The minimum atomic E-state index is -0.320. The Bertz CT molecular complexity index is 540. The summed E-state index contributed by atoms with van der Waals surface area (Å²) in [6.45, 7) is 1.79. The molecule has 0 unspecified atom stereocenters. The van der Waals surface area contributed by atoms with Gasteiger partial charge in [-0.15, -0.1) is 0 Å². The zero-order valence-electron chi connectivity index (χ0n) is 8.84. The first-order valence-corrected chi connectivity index (χ1v) is 6.36. The SMILES string of the molecule is Cc1nc(Br)cc(Nc2ccc(Br)c(F)c2)n1. The van der Waals surface area contributed by atoms with Crippen LogP contribution in [0.1, 0.15) is 5.82 Å². The van der Waals surface area contributed by atoms with E-state index in [4.69, 9.17) is 0 Å². The van der Waals surface area contributed by atoms with Crippen molar-refractivity contribution in [3.8, 4) is 0 Å². The van der Waals surface area contributed by atoms with Gasteiger partial charge in [-0.1, -0.05) is 0 Å². The lowest BCUT2D eigenvalue weighted by Crippen LogP contribution is -1.97. The van der Waals surface area contributed by atoms with Gasteiger partial charge in [0.1, 0.15) is 22.1 Å². The molecule has 1 aromatic heterocycles. The third kappa shape index (κ3) is 3.23. The molecule has 1 N–H and O–H groups in total. The fraction of sp³-hybridized carbons (Fsp3) is 0.0909. The molecule has 1 aromatic carbocycles. The highest BCUT2D eigenvalue weighted by molar-refractivity contribution is 9.10. The smallest absolute Gasteiger partial charge is 0.139 e. The lowest BCUT2D eigenvalue weighted by Gasteiger charge is -2.07. The number of benzene rings is 1. The zero-order valence-corrected chi connectivity index (χ0v) is 12.0. The van der Waals surface area contributed by atoms with Gasteiger partial charge >= 0.3 is 0 Å². The van der Waals surface area contributed by atoms with Crippen molar-refractivity contribution in [1.29, 1.82) is 0 Å². The summed E-state index contributed by atoms with van der Waals surface area (Å²) in [6, 6.07) is 6.53. The molecule has 0 spiro atoms. The number of aromatic nitrogens is 2. The third-order valence-corrected chi connectivity index (χ3v) is 3.05. The molecule has 0 aliphatic rings. The van der Waals surface area contributed by atoms with E-state index >= 15 is 0 Å². The van der Waals surface area contributed by atoms with Crippen LogP contribution >= 0.6 is 31.9 Å². The van der Waals surface area contributed by atoms with Crippen LogP contribution in [-0.4, -0.2) is 9.97 Å². The maximum atomic E-state index is 13.3. The molecule has 88 valence electrons. The molecule has 0 fully saturated rings. The van der Waals surface area contributed by atoms with Gasteiger partial charge in [0.25, 0.3) is 0 Å². The summed E-state index contributed by atoms with van der Waals surface area (Å²) in [5.74, 6) is 0.936. The predicted molar refractivity (Wildman–Crippen MR) is 71.9 cm³/mol. The molecular formula is C11H8Br2FN3. The van der Waals surface area contributed by atoms with E-state index in [9.17, 15) is 4.39 Å². The van der Waals surface area contributed by atoms with Crippen molar-refractivity contribution >= 4 is 43.4 Å². The maximum Gasteiger partial charge on any atom is 0.139 e. The molecule has 1 heterocycles. The average Bonchev–Trinajstić information content (AvgIpc) is 2.22. The molecule has 0 aliphatic carbocycles. The second-order valence-electron chi connectivity index (χ2n) is 3.38. The standard InChI is InChI=1S/C11H8Br2FN3/c1-6-15-10(13)5-11(16-6)17-7-2-3-8(12)9(14)4-7/h2-5H,1H3,(H,15,16,17). The number of aryl methyl sites for hydroxylation is 1. The Morgan fingerprint density at radius 3 is 2.59 bits per heavy atom. The molecule has 6 heteroatoms. The van der Waals surface area contributed by atoms with Crippen LogP contribution in [0.4, 0.5) is 15.9 Å². The Labute approximate surface area is 115 Å². The molecule has 2 rings (SSSR count). The molecule has 2 aromatic rings. The van der Waals surface area contributed by atoms with Crippen LogP contribution in [0, 0.1) is 12.7 Å². The highest BCUT2D eigenvalue weighted by atomic mass is 79.9. The number of rotatable bonds is 2. The molecule has 0 saturated carbocycles. The lowest BCUT2D eigenvalue weighted by atomic mass is 10.3. The van der Waals surface area contributed by atoms with Gasteiger partial charge in [0, 0.05) is 11.8 Å². The first-order valence-electron chi connectivity index (χ1n) is 4.78. The summed E-state index contributed by atoms with van der Waals surface area (Å²) in [5, 5.41) is 3.01. The Morgan fingerprint density at radius 1 is 1.18 bits per heavy atom. The number of nitrogens with zero attached hydrogens (tertiary/aromatic N) is 2.